The largest absolute Gasteiger partial charge is 0.367 e. The lowest BCUT2D eigenvalue weighted by Crippen LogP contribution is -2.30. The Kier molecular flexibility index (Phi) is 5.16. The fourth-order valence-corrected chi connectivity index (χ4v) is 3.97. The van der Waals surface area contributed by atoms with Crippen LogP contribution >= 0.6 is 0 Å². The molecule has 156 valence electrons. The third-order valence-electron chi connectivity index (χ3n) is 5.98. The van der Waals surface area contributed by atoms with Gasteiger partial charge in [0, 0.05) is 41.6 Å². The fraction of sp³-hybridized carbons (Fsp3) is 0.231. The van der Waals surface area contributed by atoms with Gasteiger partial charge in [-0.15, -0.1) is 0 Å². The lowest BCUT2D eigenvalue weighted by Gasteiger charge is -2.30. The predicted molar refractivity (Wildman–Crippen MR) is 123 cm³/mol. The number of benzene rings is 3. The molecular formula is C26H25N3O2. The Morgan fingerprint density at radius 1 is 0.774 bits per heavy atom. The minimum atomic E-state index is -0.148. The van der Waals surface area contributed by atoms with Gasteiger partial charge in [-0.05, 0) is 78.9 Å². The van der Waals surface area contributed by atoms with Crippen molar-refractivity contribution in [2.45, 2.75) is 25.8 Å². The van der Waals surface area contributed by atoms with E-state index in [4.69, 9.17) is 0 Å². The molecule has 0 atom stereocenters. The van der Waals surface area contributed by atoms with E-state index >= 15 is 0 Å². The maximum atomic E-state index is 12.6. The Morgan fingerprint density at radius 2 is 1.42 bits per heavy atom. The van der Waals surface area contributed by atoms with Crippen molar-refractivity contribution in [1.82, 2.24) is 0 Å². The van der Waals surface area contributed by atoms with Crippen LogP contribution in [0.4, 0.5) is 17.1 Å². The summed E-state index contributed by atoms with van der Waals surface area (Å²) in [5.41, 5.74) is 5.99. The van der Waals surface area contributed by atoms with Gasteiger partial charge in [0.2, 0.25) is 5.91 Å². The smallest absolute Gasteiger partial charge is 0.255 e. The molecule has 5 nitrogen and oxygen atoms in total. The van der Waals surface area contributed by atoms with E-state index in [1.54, 1.807) is 12.1 Å². The van der Waals surface area contributed by atoms with Crippen molar-refractivity contribution in [3.63, 3.8) is 0 Å². The van der Waals surface area contributed by atoms with Crippen LogP contribution in [0.15, 0.2) is 72.8 Å². The average molecular weight is 412 g/mol. The van der Waals surface area contributed by atoms with Crippen LogP contribution in [-0.2, 0) is 17.8 Å². The minimum absolute atomic E-state index is 0.0778. The molecule has 3 aromatic carbocycles. The summed E-state index contributed by atoms with van der Waals surface area (Å²) in [4.78, 5) is 26.8. The van der Waals surface area contributed by atoms with Gasteiger partial charge < -0.3 is 15.5 Å². The molecule has 0 aromatic heterocycles. The third-order valence-corrected chi connectivity index (χ3v) is 5.98. The van der Waals surface area contributed by atoms with E-state index in [-0.39, 0.29) is 17.7 Å². The molecule has 0 bridgehead atoms. The van der Waals surface area contributed by atoms with Crippen molar-refractivity contribution in [3.05, 3.63) is 89.5 Å². The molecule has 3 aromatic rings. The number of hydrogen-bond donors (Lipinski definition) is 2. The van der Waals surface area contributed by atoms with Gasteiger partial charge in [0.05, 0.1) is 0 Å². The van der Waals surface area contributed by atoms with Crippen LogP contribution in [0.5, 0.6) is 0 Å². The Morgan fingerprint density at radius 3 is 2.10 bits per heavy atom. The van der Waals surface area contributed by atoms with Gasteiger partial charge >= 0.3 is 0 Å². The van der Waals surface area contributed by atoms with E-state index in [0.717, 1.165) is 43.7 Å². The average Bonchev–Trinajstić information content (AvgIpc) is 3.66. The Hall–Kier alpha value is -3.60. The second kappa shape index (κ2) is 8.26. The van der Waals surface area contributed by atoms with Crippen molar-refractivity contribution in [2.75, 3.05) is 22.1 Å². The van der Waals surface area contributed by atoms with E-state index in [1.165, 1.54) is 11.1 Å². The zero-order valence-electron chi connectivity index (χ0n) is 17.3. The quantitative estimate of drug-likeness (QED) is 0.631. The number of hydrogen-bond acceptors (Lipinski definition) is 3. The van der Waals surface area contributed by atoms with Crippen molar-refractivity contribution in [2.24, 2.45) is 5.92 Å². The van der Waals surface area contributed by atoms with Crippen molar-refractivity contribution < 1.29 is 9.59 Å². The second-order valence-electron chi connectivity index (χ2n) is 8.28. The lowest BCUT2D eigenvalue weighted by molar-refractivity contribution is -0.117. The molecule has 31 heavy (non-hydrogen) atoms. The fourth-order valence-electron chi connectivity index (χ4n) is 3.97. The van der Waals surface area contributed by atoms with E-state index in [2.05, 4.69) is 39.8 Å². The summed E-state index contributed by atoms with van der Waals surface area (Å²) in [6, 6.07) is 23.6. The van der Waals surface area contributed by atoms with Gasteiger partial charge in [0.15, 0.2) is 0 Å². The zero-order chi connectivity index (χ0) is 21.2. The van der Waals surface area contributed by atoms with E-state index in [0.29, 0.717) is 11.3 Å². The van der Waals surface area contributed by atoms with Gasteiger partial charge in [0.25, 0.3) is 5.91 Å². The first-order valence-corrected chi connectivity index (χ1v) is 10.8. The monoisotopic (exact) mass is 411 g/mol. The van der Waals surface area contributed by atoms with Gasteiger partial charge in [-0.2, -0.15) is 0 Å². The number of fused-ring (bicyclic) bond motifs is 1. The first kappa shape index (κ1) is 19.4. The summed E-state index contributed by atoms with van der Waals surface area (Å²) < 4.78 is 0. The molecule has 0 spiro atoms. The molecule has 1 aliphatic heterocycles. The van der Waals surface area contributed by atoms with Crippen LogP contribution in [0.3, 0.4) is 0 Å². The molecule has 1 heterocycles. The molecule has 0 radical (unpaired) electrons. The summed E-state index contributed by atoms with van der Waals surface area (Å²) in [6.45, 7) is 1.87. The summed E-state index contributed by atoms with van der Waals surface area (Å²) in [7, 11) is 0. The van der Waals surface area contributed by atoms with Crippen LogP contribution in [0, 0.1) is 5.92 Å². The van der Waals surface area contributed by atoms with Crippen molar-refractivity contribution in [1.29, 1.82) is 0 Å². The van der Waals surface area contributed by atoms with Crippen LogP contribution in [0.25, 0.3) is 0 Å². The number of nitrogens with zero attached hydrogens (tertiary/aromatic N) is 1. The third kappa shape index (κ3) is 4.45. The number of carbonyl (C=O) groups is 2. The zero-order valence-corrected chi connectivity index (χ0v) is 17.3. The molecule has 0 saturated heterocycles. The van der Waals surface area contributed by atoms with Crippen LogP contribution in [-0.4, -0.2) is 18.4 Å². The molecule has 0 unspecified atom stereocenters. The number of carbonyl (C=O) groups excluding carboxylic acids is 2. The Balaban J connectivity index is 1.20. The molecule has 5 heteroatoms. The van der Waals surface area contributed by atoms with E-state index in [1.807, 2.05) is 36.4 Å². The number of rotatable bonds is 5. The first-order chi connectivity index (χ1) is 15.2. The molecule has 1 fully saturated rings. The highest BCUT2D eigenvalue weighted by Gasteiger charge is 2.29. The lowest BCUT2D eigenvalue weighted by atomic mass is 9.99. The molecule has 1 aliphatic carbocycles. The Bertz CT molecular complexity index is 1100. The molecule has 1 saturated carbocycles. The minimum Gasteiger partial charge on any atom is -0.367 e. The van der Waals surface area contributed by atoms with Gasteiger partial charge in [-0.3, -0.25) is 9.59 Å². The van der Waals surface area contributed by atoms with Gasteiger partial charge in [0.1, 0.15) is 0 Å². The highest BCUT2D eigenvalue weighted by atomic mass is 16.2. The maximum Gasteiger partial charge on any atom is 0.255 e. The maximum absolute atomic E-state index is 12.6. The summed E-state index contributed by atoms with van der Waals surface area (Å²) >= 11 is 0. The summed E-state index contributed by atoms with van der Waals surface area (Å²) in [6.07, 6.45) is 2.99. The molecule has 2 amide bonds. The summed E-state index contributed by atoms with van der Waals surface area (Å²) in [5.74, 6) is 0.0985. The molecule has 2 N–H and O–H groups in total. The van der Waals surface area contributed by atoms with Gasteiger partial charge in [-0.1, -0.05) is 24.3 Å². The van der Waals surface area contributed by atoms with Crippen LogP contribution in [0.1, 0.15) is 34.3 Å². The van der Waals surface area contributed by atoms with E-state index < -0.39 is 0 Å². The molecular weight excluding hydrogens is 386 g/mol. The van der Waals surface area contributed by atoms with Crippen molar-refractivity contribution in [3.8, 4) is 0 Å². The standard InChI is InChI=1S/C26H25N3O2/c30-25(19-5-6-19)27-22-9-11-23(12-10-22)28-26(31)20-7-13-24(14-8-20)29-16-15-18-3-1-2-4-21(18)17-29/h1-4,7-14,19H,5-6,15-17H2,(H,27,30)(H,28,31). The van der Waals surface area contributed by atoms with Crippen LogP contribution in [0.2, 0.25) is 0 Å². The number of amides is 2. The first-order valence-electron chi connectivity index (χ1n) is 10.8. The van der Waals surface area contributed by atoms with Crippen LogP contribution < -0.4 is 15.5 Å². The topological polar surface area (TPSA) is 61.4 Å². The highest BCUT2D eigenvalue weighted by Crippen LogP contribution is 2.30. The van der Waals surface area contributed by atoms with Crippen molar-refractivity contribution >= 4 is 28.9 Å². The summed E-state index contributed by atoms with van der Waals surface area (Å²) in [5, 5.41) is 5.82. The Labute approximate surface area is 182 Å². The molecule has 5 rings (SSSR count). The van der Waals surface area contributed by atoms with Gasteiger partial charge in [-0.25, -0.2) is 0 Å². The normalized spacial score (nSPS) is 15.2. The highest BCUT2D eigenvalue weighted by molar-refractivity contribution is 6.04. The number of anilines is 3. The predicted octanol–water partition coefficient (Wildman–Crippen LogP) is 4.85. The molecule has 2 aliphatic rings. The second-order valence-corrected chi connectivity index (χ2v) is 8.28. The van der Waals surface area contributed by atoms with E-state index in [9.17, 15) is 9.59 Å². The SMILES string of the molecule is O=C(Nc1ccc(NC(=O)C2CC2)cc1)c1ccc(N2CCc3ccccc3C2)cc1. The number of nitrogens with one attached hydrogen (secondary N) is 2.